The fourth-order valence-corrected chi connectivity index (χ4v) is 1.91. The fraction of sp³-hybridized carbons (Fsp3) is 0.818. The Morgan fingerprint density at radius 1 is 1.31 bits per heavy atom. The molecule has 0 aromatic heterocycles. The summed E-state index contributed by atoms with van der Waals surface area (Å²) in [5.41, 5.74) is 0. The Morgan fingerprint density at radius 2 is 2.00 bits per heavy atom. The van der Waals surface area contributed by atoms with Crippen LogP contribution in [0.1, 0.15) is 26.2 Å². The van der Waals surface area contributed by atoms with Crippen molar-refractivity contribution in [2.75, 3.05) is 20.8 Å². The van der Waals surface area contributed by atoms with E-state index in [1.165, 1.54) is 14.2 Å². The molecule has 1 rings (SSSR count). The van der Waals surface area contributed by atoms with Gasteiger partial charge in [-0.2, -0.15) is 0 Å². The number of rotatable bonds is 3. The first-order valence-electron chi connectivity index (χ1n) is 5.53. The molecule has 1 amide bonds. The van der Waals surface area contributed by atoms with Gasteiger partial charge in [0.15, 0.2) is 0 Å². The van der Waals surface area contributed by atoms with E-state index < -0.39 is 12.1 Å². The monoisotopic (exact) mass is 229 g/mol. The number of carbonyl (C=O) groups excluding carboxylic acids is 2. The summed E-state index contributed by atoms with van der Waals surface area (Å²) in [6.45, 7) is 2.29. The van der Waals surface area contributed by atoms with Gasteiger partial charge in [0.1, 0.15) is 12.1 Å². The summed E-state index contributed by atoms with van der Waals surface area (Å²) in [6.07, 6.45) is 2.04. The van der Waals surface area contributed by atoms with Crippen LogP contribution in [0, 0.1) is 0 Å². The van der Waals surface area contributed by atoms with E-state index in [4.69, 9.17) is 9.47 Å². The Balaban J connectivity index is 2.73. The quantitative estimate of drug-likeness (QED) is 0.664. The second kappa shape index (κ2) is 5.84. The lowest BCUT2D eigenvalue weighted by atomic mass is 10.0. The molecule has 2 atom stereocenters. The molecule has 1 unspecified atom stereocenters. The van der Waals surface area contributed by atoms with Crippen LogP contribution in [0.15, 0.2) is 0 Å². The number of amides is 1. The molecule has 0 aromatic carbocycles. The predicted octanol–water partition coefficient (Wildman–Crippen LogP) is 0.575. The van der Waals surface area contributed by atoms with E-state index in [0.29, 0.717) is 13.0 Å². The zero-order chi connectivity index (χ0) is 12.1. The highest BCUT2D eigenvalue weighted by Gasteiger charge is 2.34. The zero-order valence-electron chi connectivity index (χ0n) is 10.1. The van der Waals surface area contributed by atoms with E-state index in [1.807, 2.05) is 0 Å². The molecule has 0 saturated carbocycles. The van der Waals surface area contributed by atoms with Crippen molar-refractivity contribution in [2.24, 2.45) is 0 Å². The number of esters is 1. The highest BCUT2D eigenvalue weighted by molar-refractivity contribution is 5.87. The summed E-state index contributed by atoms with van der Waals surface area (Å²) in [4.78, 5) is 25.1. The summed E-state index contributed by atoms with van der Waals surface area (Å²) in [5.74, 6) is -0.478. The smallest absolute Gasteiger partial charge is 0.328 e. The first kappa shape index (κ1) is 13.0. The van der Waals surface area contributed by atoms with Crippen molar-refractivity contribution in [1.82, 2.24) is 4.90 Å². The largest absolute Gasteiger partial charge is 0.467 e. The lowest BCUT2D eigenvalue weighted by Gasteiger charge is -2.35. The van der Waals surface area contributed by atoms with Crippen molar-refractivity contribution in [3.05, 3.63) is 0 Å². The molecule has 0 spiro atoms. The first-order valence-corrected chi connectivity index (χ1v) is 5.53. The van der Waals surface area contributed by atoms with Crippen molar-refractivity contribution in [3.63, 3.8) is 0 Å². The lowest BCUT2D eigenvalue weighted by Crippen LogP contribution is -2.51. The first-order chi connectivity index (χ1) is 7.61. The van der Waals surface area contributed by atoms with Gasteiger partial charge in [-0.3, -0.25) is 4.79 Å². The third-order valence-electron chi connectivity index (χ3n) is 2.96. The molecule has 1 heterocycles. The van der Waals surface area contributed by atoms with Crippen molar-refractivity contribution in [2.45, 2.75) is 38.3 Å². The van der Waals surface area contributed by atoms with Gasteiger partial charge in [-0.1, -0.05) is 0 Å². The Hall–Kier alpha value is -1.10. The number of nitrogens with zero attached hydrogens (tertiary/aromatic N) is 1. The van der Waals surface area contributed by atoms with Crippen LogP contribution in [0.3, 0.4) is 0 Å². The minimum Gasteiger partial charge on any atom is -0.467 e. The number of hydrogen-bond donors (Lipinski definition) is 0. The maximum Gasteiger partial charge on any atom is 0.328 e. The van der Waals surface area contributed by atoms with E-state index in [9.17, 15) is 9.59 Å². The van der Waals surface area contributed by atoms with E-state index in [2.05, 4.69) is 0 Å². The maximum atomic E-state index is 12.0. The van der Waals surface area contributed by atoms with E-state index >= 15 is 0 Å². The number of likely N-dealkylation sites (tertiary alicyclic amines) is 1. The standard InChI is InChI=1S/C11H19NO4/c1-8(15-2)10(13)12-7-5-4-6-9(12)11(14)16-3/h8-9H,4-7H2,1-3H3/t8?,9-/m1/s1. The number of ether oxygens (including phenoxy) is 2. The molecule has 0 aliphatic carbocycles. The minimum absolute atomic E-state index is 0.141. The van der Waals surface area contributed by atoms with E-state index in [0.717, 1.165) is 12.8 Å². The van der Waals surface area contributed by atoms with Crippen LogP contribution in [0.2, 0.25) is 0 Å². The number of methoxy groups -OCH3 is 2. The Bertz CT molecular complexity index is 267. The number of carbonyl (C=O) groups is 2. The molecule has 1 saturated heterocycles. The van der Waals surface area contributed by atoms with Crippen LogP contribution in [0.5, 0.6) is 0 Å². The average Bonchev–Trinajstić information content (AvgIpc) is 2.35. The van der Waals surface area contributed by atoms with Crippen molar-refractivity contribution < 1.29 is 19.1 Å². The molecule has 0 bridgehead atoms. The number of hydrogen-bond acceptors (Lipinski definition) is 4. The SMILES string of the molecule is COC(=O)[C@H]1CCCCN1C(=O)C(C)OC. The van der Waals surface area contributed by atoms with Crippen LogP contribution in [-0.2, 0) is 19.1 Å². The predicted molar refractivity (Wildman–Crippen MR) is 57.8 cm³/mol. The van der Waals surface area contributed by atoms with Gasteiger partial charge < -0.3 is 14.4 Å². The van der Waals surface area contributed by atoms with Crippen molar-refractivity contribution in [3.8, 4) is 0 Å². The fourth-order valence-electron chi connectivity index (χ4n) is 1.91. The van der Waals surface area contributed by atoms with Gasteiger partial charge in [0, 0.05) is 13.7 Å². The zero-order valence-corrected chi connectivity index (χ0v) is 10.1. The Morgan fingerprint density at radius 3 is 2.56 bits per heavy atom. The normalized spacial score (nSPS) is 22.7. The third-order valence-corrected chi connectivity index (χ3v) is 2.96. The summed E-state index contributed by atoms with van der Waals surface area (Å²) in [7, 11) is 2.83. The molecule has 5 heteroatoms. The third kappa shape index (κ3) is 2.72. The maximum absolute atomic E-state index is 12.0. The molecule has 0 N–H and O–H groups in total. The van der Waals surface area contributed by atoms with Crippen LogP contribution >= 0.6 is 0 Å². The van der Waals surface area contributed by atoms with Gasteiger partial charge >= 0.3 is 5.97 Å². The summed E-state index contributed by atoms with van der Waals surface area (Å²) >= 11 is 0. The van der Waals surface area contributed by atoms with Crippen molar-refractivity contribution >= 4 is 11.9 Å². The molecule has 16 heavy (non-hydrogen) atoms. The van der Waals surface area contributed by atoms with Crippen molar-refractivity contribution in [1.29, 1.82) is 0 Å². The molecule has 0 radical (unpaired) electrons. The molecule has 0 aromatic rings. The summed E-state index contributed by atoms with van der Waals surface area (Å²) in [5, 5.41) is 0. The Labute approximate surface area is 95.7 Å². The molecule has 5 nitrogen and oxygen atoms in total. The van der Waals surface area contributed by atoms with Gasteiger partial charge in [-0.15, -0.1) is 0 Å². The second-order valence-corrected chi connectivity index (χ2v) is 3.94. The van der Waals surface area contributed by atoms with Gasteiger partial charge in [0.2, 0.25) is 0 Å². The van der Waals surface area contributed by atoms with Crippen LogP contribution < -0.4 is 0 Å². The minimum atomic E-state index is -0.509. The van der Waals surface area contributed by atoms with Gasteiger partial charge in [0.25, 0.3) is 5.91 Å². The average molecular weight is 229 g/mol. The lowest BCUT2D eigenvalue weighted by molar-refractivity contribution is -0.158. The summed E-state index contributed by atoms with van der Waals surface area (Å²) < 4.78 is 9.69. The van der Waals surface area contributed by atoms with Crippen LogP contribution in [-0.4, -0.2) is 49.7 Å². The number of piperidine rings is 1. The van der Waals surface area contributed by atoms with E-state index in [-0.39, 0.29) is 11.9 Å². The Kier molecular flexibility index (Phi) is 4.73. The molecule has 1 fully saturated rings. The van der Waals surface area contributed by atoms with Gasteiger partial charge in [-0.25, -0.2) is 4.79 Å². The van der Waals surface area contributed by atoms with Crippen LogP contribution in [0.4, 0.5) is 0 Å². The highest BCUT2D eigenvalue weighted by atomic mass is 16.5. The second-order valence-electron chi connectivity index (χ2n) is 3.94. The molecule has 1 aliphatic rings. The molecule has 1 aliphatic heterocycles. The molecular weight excluding hydrogens is 210 g/mol. The molecule has 92 valence electrons. The van der Waals surface area contributed by atoms with Crippen LogP contribution in [0.25, 0.3) is 0 Å². The summed E-state index contributed by atoms with van der Waals surface area (Å²) in [6, 6.07) is -0.441. The topological polar surface area (TPSA) is 55.8 Å². The van der Waals surface area contributed by atoms with Gasteiger partial charge in [0.05, 0.1) is 7.11 Å². The van der Waals surface area contributed by atoms with E-state index in [1.54, 1.807) is 11.8 Å². The van der Waals surface area contributed by atoms with Gasteiger partial charge in [-0.05, 0) is 26.2 Å². The molecular formula is C11H19NO4. The highest BCUT2D eigenvalue weighted by Crippen LogP contribution is 2.19.